The highest BCUT2D eigenvalue weighted by Gasteiger charge is 2.73. The van der Waals surface area contributed by atoms with E-state index in [1.54, 1.807) is 0 Å². The van der Waals surface area contributed by atoms with E-state index in [-0.39, 0.29) is 17.7 Å². The van der Waals surface area contributed by atoms with Crippen LogP contribution in [0.2, 0.25) is 0 Å². The van der Waals surface area contributed by atoms with E-state index in [0.717, 1.165) is 12.3 Å². The van der Waals surface area contributed by atoms with E-state index in [1.807, 2.05) is 6.92 Å². The van der Waals surface area contributed by atoms with Gasteiger partial charge in [0.2, 0.25) is 0 Å². The normalized spacial score (nSPS) is 46.9. The minimum atomic E-state index is -0.225. The molecule has 0 amide bonds. The molecule has 0 radical (unpaired) electrons. The summed E-state index contributed by atoms with van der Waals surface area (Å²) in [6, 6.07) is 0. The van der Waals surface area contributed by atoms with Gasteiger partial charge in [0.15, 0.2) is 6.10 Å². The van der Waals surface area contributed by atoms with Gasteiger partial charge in [-0.1, -0.05) is 12.8 Å². The van der Waals surface area contributed by atoms with Gasteiger partial charge >= 0.3 is 5.97 Å². The Hall–Kier alpha value is -0.570. The summed E-state index contributed by atoms with van der Waals surface area (Å²) in [6.45, 7) is 2.31. The molecule has 0 aromatic rings. The number of esters is 1. The largest absolute Gasteiger partial charge is 0.464 e. The summed E-state index contributed by atoms with van der Waals surface area (Å²) in [5.41, 5.74) is -0.0721. The van der Waals surface area contributed by atoms with Crippen LogP contribution in [0.4, 0.5) is 0 Å². The van der Waals surface area contributed by atoms with E-state index in [1.165, 1.54) is 25.7 Å². The Labute approximate surface area is 90.1 Å². The monoisotopic (exact) mass is 210 g/mol. The molecule has 0 aromatic carbocycles. The molecule has 3 fully saturated rings. The van der Waals surface area contributed by atoms with Crippen LogP contribution in [0, 0.1) is 11.8 Å². The second-order valence-electron chi connectivity index (χ2n) is 5.06. The molecule has 1 saturated heterocycles. The number of hydrogen-bond acceptors (Lipinski definition) is 3. The van der Waals surface area contributed by atoms with Crippen molar-refractivity contribution in [2.45, 2.75) is 50.7 Å². The second kappa shape index (κ2) is 3.21. The van der Waals surface area contributed by atoms with Crippen LogP contribution in [0.15, 0.2) is 0 Å². The van der Waals surface area contributed by atoms with Crippen molar-refractivity contribution in [3.05, 3.63) is 0 Å². The first kappa shape index (κ1) is 9.64. The maximum absolute atomic E-state index is 11.5. The molecule has 15 heavy (non-hydrogen) atoms. The molecular weight excluding hydrogens is 192 g/mol. The number of epoxide rings is 1. The number of hydrogen-bond donors (Lipinski definition) is 0. The fraction of sp³-hybridized carbons (Fsp3) is 0.917. The third-order valence-corrected chi connectivity index (χ3v) is 4.34. The van der Waals surface area contributed by atoms with Crippen molar-refractivity contribution in [1.29, 1.82) is 0 Å². The van der Waals surface area contributed by atoms with E-state index >= 15 is 0 Å². The second-order valence-corrected chi connectivity index (χ2v) is 5.06. The zero-order chi connectivity index (χ0) is 10.5. The zero-order valence-corrected chi connectivity index (χ0v) is 9.20. The van der Waals surface area contributed by atoms with E-state index in [2.05, 4.69) is 0 Å². The standard InChI is InChI=1S/C12H18O3/c1-2-14-11(13)10-12(15-10)7-8-5-3-4-6-9(8)12/h8-10H,2-7H2,1H3/t8-,9-,10?,12?/m1/s1. The third kappa shape index (κ3) is 1.25. The first-order chi connectivity index (χ1) is 7.28. The van der Waals surface area contributed by atoms with Crippen LogP contribution in [-0.2, 0) is 14.3 Å². The lowest BCUT2D eigenvalue weighted by molar-refractivity contribution is -0.144. The summed E-state index contributed by atoms with van der Waals surface area (Å²) in [6.07, 6.45) is 6.13. The number of ether oxygens (including phenoxy) is 2. The van der Waals surface area contributed by atoms with Gasteiger partial charge in [0.25, 0.3) is 0 Å². The number of fused-ring (bicyclic) bond motifs is 2. The maximum atomic E-state index is 11.5. The molecule has 2 saturated carbocycles. The highest BCUT2D eigenvalue weighted by molar-refractivity contribution is 5.80. The number of carbonyl (C=O) groups is 1. The summed E-state index contributed by atoms with van der Waals surface area (Å²) in [4.78, 5) is 11.5. The Morgan fingerprint density at radius 1 is 1.47 bits per heavy atom. The van der Waals surface area contributed by atoms with Crippen molar-refractivity contribution in [3.63, 3.8) is 0 Å². The Morgan fingerprint density at radius 2 is 2.27 bits per heavy atom. The highest BCUT2D eigenvalue weighted by Crippen LogP contribution is 2.64. The lowest BCUT2D eigenvalue weighted by atomic mass is 9.57. The Bertz CT molecular complexity index is 289. The number of carbonyl (C=O) groups excluding carboxylic acids is 1. The van der Waals surface area contributed by atoms with Crippen molar-refractivity contribution in [2.75, 3.05) is 6.61 Å². The van der Waals surface area contributed by atoms with Crippen molar-refractivity contribution >= 4 is 5.97 Å². The molecule has 84 valence electrons. The minimum absolute atomic E-state index is 0.0721. The SMILES string of the molecule is CCOC(=O)C1OC12C[C@H]1CCCC[C@H]12. The van der Waals surface area contributed by atoms with Crippen LogP contribution in [0.3, 0.4) is 0 Å². The Morgan fingerprint density at radius 3 is 3.00 bits per heavy atom. The molecule has 0 N–H and O–H groups in total. The predicted octanol–water partition coefficient (Wildman–Crippen LogP) is 1.90. The summed E-state index contributed by atoms with van der Waals surface area (Å²) >= 11 is 0. The molecule has 4 atom stereocenters. The van der Waals surface area contributed by atoms with Crippen LogP contribution in [0.5, 0.6) is 0 Å². The highest BCUT2D eigenvalue weighted by atomic mass is 16.7. The van der Waals surface area contributed by atoms with Gasteiger partial charge in [0, 0.05) is 0 Å². The molecule has 0 aromatic heterocycles. The van der Waals surface area contributed by atoms with Gasteiger partial charge in [0.05, 0.1) is 6.61 Å². The van der Waals surface area contributed by atoms with Crippen LogP contribution in [0.25, 0.3) is 0 Å². The summed E-state index contributed by atoms with van der Waals surface area (Å²) in [5.74, 6) is 1.35. The maximum Gasteiger partial charge on any atom is 0.338 e. The van der Waals surface area contributed by atoms with Crippen molar-refractivity contribution in [1.82, 2.24) is 0 Å². The summed E-state index contributed by atoms with van der Waals surface area (Å²) in [7, 11) is 0. The molecule has 1 heterocycles. The quantitative estimate of drug-likeness (QED) is 0.516. The van der Waals surface area contributed by atoms with Gasteiger partial charge in [-0.3, -0.25) is 0 Å². The first-order valence-electron chi connectivity index (χ1n) is 6.12. The lowest BCUT2D eigenvalue weighted by Crippen LogP contribution is -2.49. The fourth-order valence-electron chi connectivity index (χ4n) is 3.58. The van der Waals surface area contributed by atoms with Gasteiger partial charge in [-0.25, -0.2) is 4.79 Å². The van der Waals surface area contributed by atoms with Gasteiger partial charge in [-0.2, -0.15) is 0 Å². The minimum Gasteiger partial charge on any atom is -0.464 e. The van der Waals surface area contributed by atoms with E-state index in [4.69, 9.17) is 9.47 Å². The van der Waals surface area contributed by atoms with E-state index < -0.39 is 0 Å². The molecule has 3 rings (SSSR count). The third-order valence-electron chi connectivity index (χ3n) is 4.34. The summed E-state index contributed by atoms with van der Waals surface area (Å²) < 4.78 is 10.7. The van der Waals surface area contributed by atoms with Gasteiger partial charge < -0.3 is 9.47 Å². The molecule has 1 aliphatic heterocycles. The average molecular weight is 210 g/mol. The van der Waals surface area contributed by atoms with Gasteiger partial charge in [-0.05, 0) is 38.0 Å². The van der Waals surface area contributed by atoms with Crippen LogP contribution in [-0.4, -0.2) is 24.3 Å². The molecule has 3 nitrogen and oxygen atoms in total. The number of rotatable bonds is 2. The van der Waals surface area contributed by atoms with Crippen molar-refractivity contribution in [3.8, 4) is 0 Å². The Balaban J connectivity index is 1.63. The topological polar surface area (TPSA) is 38.8 Å². The molecule has 0 bridgehead atoms. The van der Waals surface area contributed by atoms with Crippen molar-refractivity contribution < 1.29 is 14.3 Å². The smallest absolute Gasteiger partial charge is 0.338 e. The fourth-order valence-corrected chi connectivity index (χ4v) is 3.58. The molecule has 2 unspecified atom stereocenters. The first-order valence-corrected chi connectivity index (χ1v) is 6.12. The van der Waals surface area contributed by atoms with Crippen molar-refractivity contribution in [2.24, 2.45) is 11.8 Å². The molecule has 3 aliphatic rings. The Kier molecular flexibility index (Phi) is 2.06. The van der Waals surface area contributed by atoms with Crippen LogP contribution in [0.1, 0.15) is 39.0 Å². The van der Waals surface area contributed by atoms with E-state index in [9.17, 15) is 4.79 Å². The molecule has 1 spiro atoms. The van der Waals surface area contributed by atoms with Gasteiger partial charge in [0.1, 0.15) is 5.60 Å². The van der Waals surface area contributed by atoms with Gasteiger partial charge in [-0.15, -0.1) is 0 Å². The molecule has 3 heteroatoms. The predicted molar refractivity (Wildman–Crippen MR) is 54.3 cm³/mol. The molecule has 2 aliphatic carbocycles. The summed E-state index contributed by atoms with van der Waals surface area (Å²) in [5, 5.41) is 0. The molecular formula is C12H18O3. The average Bonchev–Trinajstić information content (AvgIpc) is 2.95. The van der Waals surface area contributed by atoms with Crippen LogP contribution < -0.4 is 0 Å². The van der Waals surface area contributed by atoms with E-state index in [0.29, 0.717) is 12.5 Å². The lowest BCUT2D eigenvalue weighted by Gasteiger charge is -2.46. The zero-order valence-electron chi connectivity index (χ0n) is 9.20. The van der Waals surface area contributed by atoms with Crippen LogP contribution >= 0.6 is 0 Å².